The molecule has 1 aliphatic rings. The van der Waals surface area contributed by atoms with Gasteiger partial charge < -0.3 is 0 Å². The monoisotopic (exact) mass is 332 g/mol. The van der Waals surface area contributed by atoms with E-state index in [1.807, 2.05) is 0 Å². The molecule has 0 amide bonds. The second-order valence-electron chi connectivity index (χ2n) is 10.6. The van der Waals surface area contributed by atoms with Crippen LogP contribution in [-0.4, -0.2) is 39.1 Å². The van der Waals surface area contributed by atoms with E-state index in [2.05, 4.69) is 79.7 Å². The lowest BCUT2D eigenvalue weighted by Crippen LogP contribution is -2.61. The molecule has 1 heterocycles. The first-order valence-electron chi connectivity index (χ1n) is 7.78. The lowest BCUT2D eigenvalue weighted by atomic mass is 10.3. The minimum absolute atomic E-state index is 0.218. The molecule has 1 aliphatic heterocycles. The predicted octanol–water partition coefficient (Wildman–Crippen LogP) is 6.02. The second kappa shape index (κ2) is 4.54. The summed E-state index contributed by atoms with van der Waals surface area (Å²) in [4.78, 5) is 0. The molecule has 4 heteroatoms. The summed E-state index contributed by atoms with van der Waals surface area (Å²) in [6.45, 7) is 31.6. The Morgan fingerprint density at radius 2 is 1.05 bits per heavy atom. The van der Waals surface area contributed by atoms with Crippen molar-refractivity contribution in [3.8, 4) is 0 Å². The lowest BCUT2D eigenvalue weighted by molar-refractivity contribution is 0.792. The summed E-state index contributed by atoms with van der Waals surface area (Å²) in [5, 5.41) is 1.69. The van der Waals surface area contributed by atoms with Crippen LogP contribution in [0, 0.1) is 0 Å². The fourth-order valence-corrected chi connectivity index (χ4v) is 42.9. The first kappa shape index (κ1) is 18.1. The maximum Gasteiger partial charge on any atom is 0.0530 e. The Balaban J connectivity index is 3.48. The summed E-state index contributed by atoms with van der Waals surface area (Å²) in [5.74, 6) is 0. The third-order valence-electron chi connectivity index (χ3n) is 4.80. The molecule has 0 radical (unpaired) electrons. The molecular formula is C15H37PSi3. The van der Waals surface area contributed by atoms with Crippen LogP contribution in [0.5, 0.6) is 0 Å². The molecular weight excluding hydrogens is 295 g/mol. The van der Waals surface area contributed by atoms with Crippen LogP contribution in [0.4, 0.5) is 0 Å². The molecule has 1 rings (SSSR count). The van der Waals surface area contributed by atoms with Gasteiger partial charge in [-0.25, -0.2) is 0 Å². The Kier molecular flexibility index (Phi) is 4.33. The normalized spacial score (nSPS) is 28.4. The van der Waals surface area contributed by atoms with Crippen LogP contribution in [0.1, 0.15) is 20.8 Å². The molecule has 0 bridgehead atoms. The van der Waals surface area contributed by atoms with Crippen molar-refractivity contribution in [1.29, 1.82) is 0 Å². The SMILES string of the molecule is CC(C)(C)[P@]1C([Si](C)(C)C)C1([Si](C)(C)C)[Si](C)(C)C. The highest BCUT2D eigenvalue weighted by Crippen LogP contribution is 2.87. The quantitative estimate of drug-likeness (QED) is 0.438. The van der Waals surface area contributed by atoms with Crippen molar-refractivity contribution in [2.45, 2.75) is 94.5 Å². The van der Waals surface area contributed by atoms with E-state index in [0.29, 0.717) is 5.16 Å². The summed E-state index contributed by atoms with van der Waals surface area (Å²) in [5.41, 5.74) is 0. The molecule has 0 nitrogen and oxygen atoms in total. The Morgan fingerprint density at radius 3 is 1.11 bits per heavy atom. The highest BCUT2D eigenvalue weighted by Gasteiger charge is 2.79. The fraction of sp³-hybridized carbons (Fsp3) is 1.00. The Labute approximate surface area is 126 Å². The average Bonchev–Trinajstić information content (AvgIpc) is 2.66. The van der Waals surface area contributed by atoms with Gasteiger partial charge in [-0.3, -0.25) is 0 Å². The molecule has 19 heavy (non-hydrogen) atoms. The number of rotatable bonds is 3. The number of hydrogen-bond acceptors (Lipinski definition) is 0. The fourth-order valence-electron chi connectivity index (χ4n) is 4.89. The number of hydrogen-bond donors (Lipinski definition) is 0. The second-order valence-corrected chi connectivity index (χ2v) is 31.6. The first-order chi connectivity index (χ1) is 7.99. The van der Waals surface area contributed by atoms with Crippen LogP contribution in [0.3, 0.4) is 0 Å². The minimum atomic E-state index is -1.13. The summed E-state index contributed by atoms with van der Waals surface area (Å²) >= 11 is 0. The summed E-state index contributed by atoms with van der Waals surface area (Å²) in [7, 11) is -3.09. The van der Waals surface area contributed by atoms with Gasteiger partial charge in [0, 0.05) is 0 Å². The van der Waals surface area contributed by atoms with Gasteiger partial charge in [0.2, 0.25) is 0 Å². The predicted molar refractivity (Wildman–Crippen MR) is 103 cm³/mol. The van der Waals surface area contributed by atoms with Gasteiger partial charge >= 0.3 is 0 Å². The third-order valence-corrected chi connectivity index (χ3v) is 29.5. The zero-order chi connectivity index (χ0) is 15.7. The lowest BCUT2D eigenvalue weighted by Gasteiger charge is -2.44. The Bertz CT molecular complexity index is 314. The molecule has 0 aromatic rings. The first-order valence-corrected chi connectivity index (χ1v) is 19.8. The van der Waals surface area contributed by atoms with Crippen molar-refractivity contribution in [1.82, 2.24) is 0 Å². The van der Waals surface area contributed by atoms with Crippen molar-refractivity contribution in [2.24, 2.45) is 0 Å². The molecule has 0 N–H and O–H groups in total. The van der Waals surface area contributed by atoms with Crippen molar-refractivity contribution in [2.75, 3.05) is 0 Å². The topological polar surface area (TPSA) is 0 Å². The van der Waals surface area contributed by atoms with Gasteiger partial charge in [0.25, 0.3) is 0 Å². The van der Waals surface area contributed by atoms with Gasteiger partial charge in [-0.1, -0.05) is 87.6 Å². The summed E-state index contributed by atoms with van der Waals surface area (Å²) in [6.07, 6.45) is 0. The Morgan fingerprint density at radius 1 is 0.737 bits per heavy atom. The summed E-state index contributed by atoms with van der Waals surface area (Å²) < 4.78 is 0.831. The zero-order valence-electron chi connectivity index (χ0n) is 15.5. The molecule has 1 unspecified atom stereocenters. The zero-order valence-corrected chi connectivity index (χ0v) is 19.4. The third kappa shape index (κ3) is 2.74. The van der Waals surface area contributed by atoms with Crippen LogP contribution in [0.15, 0.2) is 0 Å². The molecule has 0 aliphatic carbocycles. The van der Waals surface area contributed by atoms with E-state index in [9.17, 15) is 0 Å². The van der Waals surface area contributed by atoms with Crippen molar-refractivity contribution in [3.05, 3.63) is 0 Å². The van der Waals surface area contributed by atoms with Gasteiger partial charge in [-0.15, -0.1) is 0 Å². The van der Waals surface area contributed by atoms with Crippen LogP contribution >= 0.6 is 7.92 Å². The largest absolute Gasteiger partial charge is 0.0992 e. The van der Waals surface area contributed by atoms with Crippen LogP contribution in [-0.2, 0) is 0 Å². The van der Waals surface area contributed by atoms with E-state index in [-0.39, 0.29) is 7.92 Å². The maximum atomic E-state index is 2.67. The van der Waals surface area contributed by atoms with E-state index < -0.39 is 24.2 Å². The standard InChI is InChI=1S/C15H37PSi3/c1-14(2,3)16-13(17(4,5)6)15(16,18(7,8)9)19(10,11)12/h13H,1-12H3/t13?,16-/m0/s1. The van der Waals surface area contributed by atoms with E-state index in [1.165, 1.54) is 0 Å². The van der Waals surface area contributed by atoms with Crippen molar-refractivity contribution in [3.63, 3.8) is 0 Å². The molecule has 114 valence electrons. The van der Waals surface area contributed by atoms with Gasteiger partial charge in [-0.2, -0.15) is 0 Å². The Hall–Kier alpha value is 1.08. The van der Waals surface area contributed by atoms with Gasteiger partial charge in [-0.05, 0) is 14.8 Å². The molecule has 1 fully saturated rings. The van der Waals surface area contributed by atoms with Gasteiger partial charge in [0.1, 0.15) is 0 Å². The molecule has 0 aromatic heterocycles. The average molecular weight is 333 g/mol. The van der Waals surface area contributed by atoms with E-state index >= 15 is 0 Å². The molecule has 0 saturated carbocycles. The van der Waals surface area contributed by atoms with E-state index in [0.717, 1.165) is 9.68 Å². The smallest absolute Gasteiger partial charge is 0.0530 e. The molecule has 0 aromatic carbocycles. The highest BCUT2D eigenvalue weighted by molar-refractivity contribution is 7.81. The van der Waals surface area contributed by atoms with Crippen LogP contribution < -0.4 is 0 Å². The van der Waals surface area contributed by atoms with Crippen molar-refractivity contribution < 1.29 is 0 Å². The van der Waals surface area contributed by atoms with Gasteiger partial charge in [0.15, 0.2) is 0 Å². The van der Waals surface area contributed by atoms with E-state index in [1.54, 1.807) is 0 Å². The summed E-state index contributed by atoms with van der Waals surface area (Å²) in [6, 6.07) is 0. The minimum Gasteiger partial charge on any atom is -0.0992 e. The maximum absolute atomic E-state index is 2.67. The van der Waals surface area contributed by atoms with Gasteiger partial charge in [0.05, 0.1) is 24.2 Å². The highest BCUT2D eigenvalue weighted by atomic mass is 31.1. The molecule has 0 spiro atoms. The van der Waals surface area contributed by atoms with Crippen LogP contribution in [0.2, 0.25) is 58.9 Å². The van der Waals surface area contributed by atoms with Crippen molar-refractivity contribution >= 4 is 32.1 Å². The van der Waals surface area contributed by atoms with E-state index in [4.69, 9.17) is 0 Å². The van der Waals surface area contributed by atoms with Crippen LogP contribution in [0.25, 0.3) is 0 Å². The molecule has 2 atom stereocenters. The molecule has 1 saturated heterocycles.